The van der Waals surface area contributed by atoms with E-state index in [-0.39, 0.29) is 28.8 Å². The van der Waals surface area contributed by atoms with Gasteiger partial charge < -0.3 is 14.2 Å². The number of aryl methyl sites for hydroxylation is 1. The van der Waals surface area contributed by atoms with E-state index in [1.165, 1.54) is 30.0 Å². The summed E-state index contributed by atoms with van der Waals surface area (Å²) in [6, 6.07) is 6.48. The molecule has 2 heterocycles. The van der Waals surface area contributed by atoms with Crippen LogP contribution in [0.5, 0.6) is 5.75 Å². The third-order valence-corrected chi connectivity index (χ3v) is 3.85. The lowest BCUT2D eigenvalue weighted by Crippen LogP contribution is -2.16. The predicted molar refractivity (Wildman–Crippen MR) is 85.6 cm³/mol. The number of hydrogen-bond donors (Lipinski definition) is 1. The van der Waals surface area contributed by atoms with Crippen molar-refractivity contribution < 1.29 is 22.4 Å². The Morgan fingerprint density at radius 1 is 1.23 bits per heavy atom. The molecule has 0 atom stereocenters. The molecule has 0 aliphatic carbocycles. The van der Waals surface area contributed by atoms with E-state index in [1.807, 2.05) is 0 Å². The van der Waals surface area contributed by atoms with Gasteiger partial charge in [-0.25, -0.2) is 4.98 Å². The van der Waals surface area contributed by atoms with E-state index in [0.29, 0.717) is 16.4 Å². The minimum Gasteiger partial charge on any atom is -0.406 e. The van der Waals surface area contributed by atoms with Crippen molar-refractivity contribution in [1.82, 2.24) is 20.1 Å². The van der Waals surface area contributed by atoms with Crippen LogP contribution in [-0.4, -0.2) is 26.5 Å². The van der Waals surface area contributed by atoms with E-state index < -0.39 is 6.36 Å². The van der Waals surface area contributed by atoms with Crippen LogP contribution in [-0.2, 0) is 5.75 Å². The summed E-state index contributed by atoms with van der Waals surface area (Å²) in [7, 11) is 0. The van der Waals surface area contributed by atoms with Gasteiger partial charge in [-0.05, 0) is 31.2 Å². The Morgan fingerprint density at radius 3 is 2.62 bits per heavy atom. The molecule has 11 heteroatoms. The maximum absolute atomic E-state index is 12.2. The first-order valence-corrected chi connectivity index (χ1v) is 8.16. The lowest BCUT2D eigenvalue weighted by atomic mass is 10.2. The summed E-state index contributed by atoms with van der Waals surface area (Å²) in [6.07, 6.45) is -4.75. The minimum atomic E-state index is -4.75. The van der Waals surface area contributed by atoms with Crippen LogP contribution in [0, 0.1) is 6.92 Å². The van der Waals surface area contributed by atoms with Crippen LogP contribution in [0.3, 0.4) is 0 Å². The predicted octanol–water partition coefficient (Wildman–Crippen LogP) is 3.32. The normalized spacial score (nSPS) is 11.5. The number of benzene rings is 1. The van der Waals surface area contributed by atoms with Crippen LogP contribution in [0.25, 0.3) is 11.4 Å². The van der Waals surface area contributed by atoms with Gasteiger partial charge in [-0.1, -0.05) is 16.9 Å². The Bertz CT molecular complexity index is 954. The average Bonchev–Trinajstić information content (AvgIpc) is 3.00. The smallest absolute Gasteiger partial charge is 0.406 e. The standard InChI is InChI=1S/C15H11F3N4O3S/c1-8-6-11(23)20-14(19-8)26-7-12-21-13(22-25-12)9-2-4-10(5-3-9)24-15(16,17)18/h2-6H,7H2,1H3,(H,19,20,23). The second kappa shape index (κ2) is 7.20. The van der Waals surface area contributed by atoms with E-state index in [2.05, 4.69) is 24.8 Å². The van der Waals surface area contributed by atoms with Gasteiger partial charge in [-0.2, -0.15) is 4.98 Å². The summed E-state index contributed by atoms with van der Waals surface area (Å²) in [4.78, 5) is 22.3. The van der Waals surface area contributed by atoms with Gasteiger partial charge in [-0.15, -0.1) is 13.2 Å². The summed E-state index contributed by atoms with van der Waals surface area (Å²) in [5.74, 6) is 0.443. The Morgan fingerprint density at radius 2 is 1.96 bits per heavy atom. The highest BCUT2D eigenvalue weighted by Gasteiger charge is 2.31. The Hall–Kier alpha value is -2.82. The molecule has 0 aliphatic heterocycles. The molecule has 1 N–H and O–H groups in total. The number of aromatic nitrogens is 4. The molecular weight excluding hydrogens is 373 g/mol. The summed E-state index contributed by atoms with van der Waals surface area (Å²) in [5.41, 5.74) is 0.803. The van der Waals surface area contributed by atoms with Gasteiger partial charge >= 0.3 is 6.36 Å². The molecule has 0 aliphatic rings. The molecule has 3 aromatic rings. The van der Waals surface area contributed by atoms with Gasteiger partial charge in [0.25, 0.3) is 5.56 Å². The minimum absolute atomic E-state index is 0.227. The number of rotatable bonds is 5. The first kappa shape index (κ1) is 18.0. The summed E-state index contributed by atoms with van der Waals surface area (Å²) < 4.78 is 45.4. The molecule has 0 saturated heterocycles. The fourth-order valence-electron chi connectivity index (χ4n) is 1.99. The lowest BCUT2D eigenvalue weighted by Gasteiger charge is -2.08. The zero-order chi connectivity index (χ0) is 18.7. The zero-order valence-electron chi connectivity index (χ0n) is 13.2. The molecule has 26 heavy (non-hydrogen) atoms. The van der Waals surface area contributed by atoms with Gasteiger partial charge in [-0.3, -0.25) is 4.79 Å². The van der Waals surface area contributed by atoms with Gasteiger partial charge in [0, 0.05) is 17.3 Å². The van der Waals surface area contributed by atoms with Crippen molar-refractivity contribution in [1.29, 1.82) is 0 Å². The highest BCUT2D eigenvalue weighted by molar-refractivity contribution is 7.98. The van der Waals surface area contributed by atoms with Crippen molar-refractivity contribution in [2.45, 2.75) is 24.2 Å². The quantitative estimate of drug-likeness (QED) is 0.533. The summed E-state index contributed by atoms with van der Waals surface area (Å²) >= 11 is 1.21. The Labute approximate surface area is 148 Å². The van der Waals surface area contributed by atoms with E-state index in [0.717, 1.165) is 12.1 Å². The van der Waals surface area contributed by atoms with Gasteiger partial charge in [0.1, 0.15) is 5.75 Å². The second-order valence-corrected chi connectivity index (χ2v) is 6.03. The SMILES string of the molecule is Cc1cc(=O)[nH]c(SCc2nc(-c3ccc(OC(F)(F)F)cc3)no2)n1. The number of ether oxygens (including phenoxy) is 1. The van der Waals surface area contributed by atoms with Gasteiger partial charge in [0.05, 0.1) is 5.75 Å². The fraction of sp³-hybridized carbons (Fsp3) is 0.200. The highest BCUT2D eigenvalue weighted by atomic mass is 32.2. The molecule has 7 nitrogen and oxygen atoms in total. The van der Waals surface area contributed by atoms with Crippen molar-refractivity contribution >= 4 is 11.8 Å². The number of aromatic amines is 1. The molecule has 136 valence electrons. The van der Waals surface area contributed by atoms with Gasteiger partial charge in [0.15, 0.2) is 5.16 Å². The van der Waals surface area contributed by atoms with Crippen molar-refractivity contribution in [3.8, 4) is 17.1 Å². The number of halogens is 3. The monoisotopic (exact) mass is 384 g/mol. The largest absolute Gasteiger partial charge is 0.573 e. The van der Waals surface area contributed by atoms with Gasteiger partial charge in [0.2, 0.25) is 11.7 Å². The number of hydrogen-bond acceptors (Lipinski definition) is 7. The third-order valence-electron chi connectivity index (χ3n) is 2.99. The maximum atomic E-state index is 12.2. The number of nitrogens with one attached hydrogen (secondary N) is 1. The Kier molecular flexibility index (Phi) is 4.98. The highest BCUT2D eigenvalue weighted by Crippen LogP contribution is 2.26. The van der Waals surface area contributed by atoms with Crippen molar-refractivity contribution in [2.75, 3.05) is 0 Å². The van der Waals surface area contributed by atoms with Crippen molar-refractivity contribution in [2.24, 2.45) is 0 Å². The van der Waals surface area contributed by atoms with E-state index in [1.54, 1.807) is 6.92 Å². The molecule has 0 spiro atoms. The molecule has 0 bridgehead atoms. The first-order chi connectivity index (χ1) is 12.3. The van der Waals surface area contributed by atoms with Crippen LogP contribution in [0.1, 0.15) is 11.6 Å². The number of thioether (sulfide) groups is 1. The maximum Gasteiger partial charge on any atom is 0.573 e. The number of H-pyrrole nitrogens is 1. The van der Waals surface area contributed by atoms with E-state index >= 15 is 0 Å². The number of alkyl halides is 3. The van der Waals surface area contributed by atoms with Crippen molar-refractivity contribution in [3.05, 3.63) is 52.3 Å². The second-order valence-electron chi connectivity index (χ2n) is 5.06. The average molecular weight is 384 g/mol. The summed E-state index contributed by atoms with van der Waals surface area (Å²) in [5, 5.41) is 4.20. The fourth-order valence-corrected chi connectivity index (χ4v) is 2.75. The number of nitrogens with zero attached hydrogens (tertiary/aromatic N) is 3. The molecule has 1 aromatic carbocycles. The molecule has 3 rings (SSSR count). The molecular formula is C15H11F3N4O3S. The Balaban J connectivity index is 1.66. The molecule has 0 saturated carbocycles. The zero-order valence-corrected chi connectivity index (χ0v) is 14.0. The third kappa shape index (κ3) is 4.85. The molecule has 2 aromatic heterocycles. The van der Waals surface area contributed by atoms with E-state index in [4.69, 9.17) is 4.52 Å². The van der Waals surface area contributed by atoms with Crippen molar-refractivity contribution in [3.63, 3.8) is 0 Å². The molecule has 0 unspecified atom stereocenters. The van der Waals surface area contributed by atoms with Crippen LogP contribution < -0.4 is 10.3 Å². The van der Waals surface area contributed by atoms with Crippen LogP contribution in [0.15, 0.2) is 44.8 Å². The molecule has 0 amide bonds. The van der Waals surface area contributed by atoms with Crippen LogP contribution >= 0.6 is 11.8 Å². The molecule has 0 radical (unpaired) electrons. The first-order valence-electron chi connectivity index (χ1n) is 7.18. The lowest BCUT2D eigenvalue weighted by molar-refractivity contribution is -0.274. The summed E-state index contributed by atoms with van der Waals surface area (Å²) in [6.45, 7) is 1.70. The van der Waals surface area contributed by atoms with E-state index in [9.17, 15) is 18.0 Å². The topological polar surface area (TPSA) is 93.9 Å². The molecule has 0 fully saturated rings. The van der Waals surface area contributed by atoms with Crippen LogP contribution in [0.2, 0.25) is 0 Å². The van der Waals surface area contributed by atoms with Crippen LogP contribution in [0.4, 0.5) is 13.2 Å².